The molecule has 0 bridgehead atoms. The van der Waals surface area contributed by atoms with E-state index in [2.05, 4.69) is 0 Å². The Morgan fingerprint density at radius 1 is 1.19 bits per heavy atom. The van der Waals surface area contributed by atoms with Crippen LogP contribution in [-0.2, 0) is 4.74 Å². The van der Waals surface area contributed by atoms with Crippen molar-refractivity contribution in [2.24, 2.45) is 0 Å². The summed E-state index contributed by atoms with van der Waals surface area (Å²) in [6, 6.07) is 4.83. The molecular weight excluding hydrogens is 272 g/mol. The fraction of sp³-hybridized carbons (Fsp3) is 0.400. The molecule has 1 heterocycles. The number of anilines is 1. The zero-order valence-electron chi connectivity index (χ0n) is 12.8. The average Bonchev–Trinajstić information content (AvgIpc) is 2.61. The molecule has 0 aliphatic carbocycles. The predicted molar refractivity (Wildman–Crippen MR) is 77.5 cm³/mol. The number of ether oxygens (including phenoxy) is 1. The Labute approximate surface area is 123 Å². The van der Waals surface area contributed by atoms with Gasteiger partial charge in [0.2, 0.25) is 0 Å². The molecule has 0 N–H and O–H groups in total. The Bertz CT molecular complexity index is 631. The SMILES string of the molecule is CN1C(=O)c2cccc(N(C)C(=O)OC(C)(C)C)c2C1=O. The normalized spacial score (nSPS) is 14.2. The van der Waals surface area contributed by atoms with Gasteiger partial charge in [-0.15, -0.1) is 0 Å². The lowest BCUT2D eigenvalue weighted by atomic mass is 10.1. The van der Waals surface area contributed by atoms with Crippen molar-refractivity contribution in [1.29, 1.82) is 0 Å². The number of benzene rings is 1. The van der Waals surface area contributed by atoms with Crippen molar-refractivity contribution < 1.29 is 19.1 Å². The Morgan fingerprint density at radius 3 is 2.38 bits per heavy atom. The van der Waals surface area contributed by atoms with E-state index in [0.717, 1.165) is 4.90 Å². The van der Waals surface area contributed by atoms with Gasteiger partial charge in [-0.05, 0) is 32.9 Å². The third-order valence-electron chi connectivity index (χ3n) is 3.12. The predicted octanol–water partition coefficient (Wildman–Crippen LogP) is 2.28. The van der Waals surface area contributed by atoms with Crippen LogP contribution in [0.4, 0.5) is 10.5 Å². The third-order valence-corrected chi connectivity index (χ3v) is 3.12. The molecule has 0 unspecified atom stereocenters. The second-order valence-corrected chi connectivity index (χ2v) is 5.91. The molecule has 0 saturated carbocycles. The van der Waals surface area contributed by atoms with Crippen LogP contribution in [-0.4, -0.2) is 42.5 Å². The second kappa shape index (κ2) is 4.87. The number of rotatable bonds is 1. The molecule has 0 radical (unpaired) electrons. The molecule has 112 valence electrons. The first-order chi connectivity index (χ1) is 9.63. The number of carbonyl (C=O) groups is 3. The minimum Gasteiger partial charge on any atom is -0.443 e. The lowest BCUT2D eigenvalue weighted by molar-refractivity contribution is 0.0589. The second-order valence-electron chi connectivity index (χ2n) is 5.91. The van der Waals surface area contributed by atoms with Crippen LogP contribution in [0, 0.1) is 0 Å². The van der Waals surface area contributed by atoms with Crippen LogP contribution >= 0.6 is 0 Å². The zero-order chi connectivity index (χ0) is 15.9. The summed E-state index contributed by atoms with van der Waals surface area (Å²) in [5.41, 5.74) is 0.262. The number of fused-ring (bicyclic) bond motifs is 1. The summed E-state index contributed by atoms with van der Waals surface area (Å²) in [6.45, 7) is 5.28. The minimum absolute atomic E-state index is 0.235. The first-order valence-electron chi connectivity index (χ1n) is 6.55. The Balaban J connectivity index is 2.42. The largest absolute Gasteiger partial charge is 0.443 e. The number of hydrogen-bond acceptors (Lipinski definition) is 4. The maximum absolute atomic E-state index is 12.2. The van der Waals surface area contributed by atoms with Crippen LogP contribution in [0.1, 0.15) is 41.5 Å². The molecular formula is C15H18N2O4. The smallest absolute Gasteiger partial charge is 0.414 e. The quantitative estimate of drug-likeness (QED) is 0.744. The molecule has 1 aromatic carbocycles. The molecule has 0 spiro atoms. The average molecular weight is 290 g/mol. The summed E-state index contributed by atoms with van der Waals surface area (Å²) < 4.78 is 5.28. The molecule has 1 aliphatic rings. The summed E-state index contributed by atoms with van der Waals surface area (Å²) in [7, 11) is 2.93. The first kappa shape index (κ1) is 15.0. The van der Waals surface area contributed by atoms with Gasteiger partial charge in [0.25, 0.3) is 11.8 Å². The maximum Gasteiger partial charge on any atom is 0.414 e. The number of carbonyl (C=O) groups excluding carboxylic acids is 3. The third kappa shape index (κ3) is 2.61. The molecule has 0 saturated heterocycles. The number of hydrogen-bond donors (Lipinski definition) is 0. The van der Waals surface area contributed by atoms with Gasteiger partial charge in [-0.2, -0.15) is 0 Å². The van der Waals surface area contributed by atoms with Crippen molar-refractivity contribution in [1.82, 2.24) is 4.90 Å². The highest BCUT2D eigenvalue weighted by atomic mass is 16.6. The zero-order valence-corrected chi connectivity index (χ0v) is 12.8. The molecule has 2 rings (SSSR count). The Kier molecular flexibility index (Phi) is 3.49. The Hall–Kier alpha value is -2.37. The monoisotopic (exact) mass is 290 g/mol. The van der Waals surface area contributed by atoms with Gasteiger partial charge in [-0.3, -0.25) is 19.4 Å². The van der Waals surface area contributed by atoms with Crippen molar-refractivity contribution in [3.05, 3.63) is 29.3 Å². The first-order valence-corrected chi connectivity index (χ1v) is 6.55. The highest BCUT2D eigenvalue weighted by molar-refractivity contribution is 6.24. The van der Waals surface area contributed by atoms with Crippen LogP contribution < -0.4 is 4.90 Å². The van der Waals surface area contributed by atoms with Gasteiger partial charge >= 0.3 is 6.09 Å². The van der Waals surface area contributed by atoms with Crippen molar-refractivity contribution in [3.63, 3.8) is 0 Å². The van der Waals surface area contributed by atoms with Crippen molar-refractivity contribution in [2.75, 3.05) is 19.0 Å². The van der Waals surface area contributed by atoms with Crippen LogP contribution in [0.2, 0.25) is 0 Å². The number of amides is 3. The summed E-state index contributed by atoms with van der Waals surface area (Å²) in [5.74, 6) is -0.782. The lowest BCUT2D eigenvalue weighted by Crippen LogP contribution is -2.35. The molecule has 0 aromatic heterocycles. The summed E-state index contributed by atoms with van der Waals surface area (Å²) in [6.07, 6.45) is -0.578. The lowest BCUT2D eigenvalue weighted by Gasteiger charge is -2.25. The molecule has 1 aromatic rings. The van der Waals surface area contributed by atoms with Crippen LogP contribution in [0.25, 0.3) is 0 Å². The van der Waals surface area contributed by atoms with Crippen molar-refractivity contribution in [3.8, 4) is 0 Å². The van der Waals surface area contributed by atoms with Crippen LogP contribution in [0.15, 0.2) is 18.2 Å². The van der Waals surface area contributed by atoms with E-state index in [1.54, 1.807) is 39.0 Å². The van der Waals surface area contributed by atoms with Gasteiger partial charge < -0.3 is 4.74 Å². The summed E-state index contributed by atoms with van der Waals surface area (Å²) in [4.78, 5) is 38.5. The fourth-order valence-corrected chi connectivity index (χ4v) is 2.09. The maximum atomic E-state index is 12.2. The van der Waals surface area contributed by atoms with E-state index in [-0.39, 0.29) is 11.5 Å². The number of imide groups is 1. The van der Waals surface area contributed by atoms with Crippen LogP contribution in [0.5, 0.6) is 0 Å². The highest BCUT2D eigenvalue weighted by Crippen LogP contribution is 2.31. The van der Waals surface area contributed by atoms with E-state index in [0.29, 0.717) is 11.3 Å². The van der Waals surface area contributed by atoms with Gasteiger partial charge in [0.15, 0.2) is 0 Å². The van der Waals surface area contributed by atoms with E-state index < -0.39 is 17.6 Å². The van der Waals surface area contributed by atoms with Gasteiger partial charge in [-0.25, -0.2) is 4.79 Å². The summed E-state index contributed by atoms with van der Waals surface area (Å²) >= 11 is 0. The molecule has 6 heteroatoms. The highest BCUT2D eigenvalue weighted by Gasteiger charge is 2.36. The van der Waals surface area contributed by atoms with E-state index in [1.165, 1.54) is 19.0 Å². The van der Waals surface area contributed by atoms with E-state index in [4.69, 9.17) is 4.74 Å². The van der Waals surface area contributed by atoms with E-state index >= 15 is 0 Å². The van der Waals surface area contributed by atoms with Gasteiger partial charge in [0.1, 0.15) is 5.60 Å². The molecule has 3 amide bonds. The van der Waals surface area contributed by atoms with Crippen LogP contribution in [0.3, 0.4) is 0 Å². The topological polar surface area (TPSA) is 66.9 Å². The van der Waals surface area contributed by atoms with Gasteiger partial charge in [0, 0.05) is 14.1 Å². The minimum atomic E-state index is -0.639. The number of nitrogens with zero attached hydrogens (tertiary/aromatic N) is 2. The fourth-order valence-electron chi connectivity index (χ4n) is 2.09. The Morgan fingerprint density at radius 2 is 1.81 bits per heavy atom. The van der Waals surface area contributed by atoms with Gasteiger partial charge in [0.05, 0.1) is 16.8 Å². The molecule has 6 nitrogen and oxygen atoms in total. The standard InChI is InChI=1S/C15H18N2O4/c1-15(2,3)21-14(20)16(4)10-8-6-7-9-11(10)13(19)17(5)12(9)18/h6-8H,1-5H3. The molecule has 1 aliphatic heterocycles. The van der Waals surface area contributed by atoms with Gasteiger partial charge in [-0.1, -0.05) is 6.07 Å². The molecule has 21 heavy (non-hydrogen) atoms. The van der Waals surface area contributed by atoms with E-state index in [1.807, 2.05) is 0 Å². The summed E-state index contributed by atoms with van der Waals surface area (Å²) in [5, 5.41) is 0. The van der Waals surface area contributed by atoms with Crippen molar-refractivity contribution in [2.45, 2.75) is 26.4 Å². The molecule has 0 atom stereocenters. The molecule has 0 fully saturated rings. The van der Waals surface area contributed by atoms with E-state index in [9.17, 15) is 14.4 Å². The van der Waals surface area contributed by atoms with Crippen molar-refractivity contribution >= 4 is 23.6 Å².